The highest BCUT2D eigenvalue weighted by Gasteiger charge is 2.30. The molecule has 2 aliphatic heterocycles. The van der Waals surface area contributed by atoms with Crippen LogP contribution in [-0.2, 0) is 11.3 Å². The number of nitrogens with one attached hydrogen (secondary N) is 1. The number of aryl methyl sites for hydroxylation is 1. The maximum Gasteiger partial charge on any atom is 0.145 e. The summed E-state index contributed by atoms with van der Waals surface area (Å²) in [7, 11) is 0. The van der Waals surface area contributed by atoms with Crippen molar-refractivity contribution >= 4 is 44.0 Å². The number of ether oxygens (including phenoxy) is 2. The summed E-state index contributed by atoms with van der Waals surface area (Å²) in [5.74, 6) is 1.53. The van der Waals surface area contributed by atoms with Crippen molar-refractivity contribution in [3.05, 3.63) is 54.6 Å². The van der Waals surface area contributed by atoms with Crippen LogP contribution in [-0.4, -0.2) is 68.1 Å². The molecule has 2 aliphatic rings. The first-order valence-electron chi connectivity index (χ1n) is 13.1. The maximum atomic E-state index is 6.77. The molecule has 0 spiro atoms. The van der Waals surface area contributed by atoms with Gasteiger partial charge in [0.1, 0.15) is 24.0 Å². The lowest BCUT2D eigenvalue weighted by Gasteiger charge is -2.41. The van der Waals surface area contributed by atoms with E-state index in [1.165, 1.54) is 0 Å². The molecule has 0 saturated carbocycles. The van der Waals surface area contributed by atoms with Crippen LogP contribution in [0.4, 0.5) is 11.5 Å². The fourth-order valence-electron chi connectivity index (χ4n) is 5.24. The molecule has 0 amide bonds. The van der Waals surface area contributed by atoms with E-state index in [0.717, 1.165) is 95.2 Å². The van der Waals surface area contributed by atoms with E-state index in [1.807, 2.05) is 28.5 Å². The first kappa shape index (κ1) is 23.5. The van der Waals surface area contributed by atoms with Crippen molar-refractivity contribution in [1.82, 2.24) is 29.6 Å². The van der Waals surface area contributed by atoms with Gasteiger partial charge in [0.15, 0.2) is 0 Å². The Morgan fingerprint density at radius 1 is 1.05 bits per heavy atom. The number of aromatic nitrogens is 5. The van der Waals surface area contributed by atoms with E-state index in [-0.39, 0.29) is 6.10 Å². The summed E-state index contributed by atoms with van der Waals surface area (Å²) in [6, 6.07) is 10.9. The highest BCUT2D eigenvalue weighted by molar-refractivity contribution is 7.16. The second kappa shape index (κ2) is 9.94. The highest BCUT2D eigenvalue weighted by Crippen LogP contribution is 2.38. The zero-order chi connectivity index (χ0) is 25.5. The summed E-state index contributed by atoms with van der Waals surface area (Å²) in [5, 5.41) is 8.89. The Hall–Kier alpha value is -3.60. The summed E-state index contributed by atoms with van der Waals surface area (Å²) in [6.07, 6.45) is 7.67. The van der Waals surface area contributed by atoms with Crippen molar-refractivity contribution < 1.29 is 9.47 Å². The smallest absolute Gasteiger partial charge is 0.145 e. The third-order valence-corrected chi connectivity index (χ3v) is 8.29. The Morgan fingerprint density at radius 2 is 1.95 bits per heavy atom. The third kappa shape index (κ3) is 4.48. The molecule has 2 saturated heterocycles. The van der Waals surface area contributed by atoms with Crippen LogP contribution in [0.25, 0.3) is 32.2 Å². The lowest BCUT2D eigenvalue weighted by molar-refractivity contribution is -0.0777. The van der Waals surface area contributed by atoms with Crippen LogP contribution in [0.2, 0.25) is 0 Å². The minimum atomic E-state index is 0.130. The van der Waals surface area contributed by atoms with Gasteiger partial charge in [0, 0.05) is 37.1 Å². The summed E-state index contributed by atoms with van der Waals surface area (Å²) in [4.78, 5) is 16.2. The molecule has 1 N–H and O–H groups in total. The topological polar surface area (TPSA) is 90.2 Å². The molecule has 2 fully saturated rings. The molecule has 5 heterocycles. The lowest BCUT2D eigenvalue weighted by Crippen LogP contribution is -2.52. The van der Waals surface area contributed by atoms with Gasteiger partial charge in [-0.05, 0) is 55.7 Å². The molecule has 0 atom stereocenters. The largest absolute Gasteiger partial charge is 0.489 e. The Balaban J connectivity index is 1.25. The number of hydrogen-bond acceptors (Lipinski definition) is 9. The van der Waals surface area contributed by atoms with Crippen molar-refractivity contribution in [3.8, 4) is 16.9 Å². The number of anilines is 2. The first-order valence-corrected chi connectivity index (χ1v) is 14.0. The van der Waals surface area contributed by atoms with Crippen LogP contribution in [0.5, 0.6) is 5.75 Å². The fraction of sp³-hybridized carbons (Fsp3) is 0.357. The molecule has 9 nitrogen and oxygen atoms in total. The van der Waals surface area contributed by atoms with Gasteiger partial charge in [0.2, 0.25) is 0 Å². The van der Waals surface area contributed by atoms with Gasteiger partial charge in [-0.1, -0.05) is 0 Å². The van der Waals surface area contributed by atoms with Gasteiger partial charge in [0.25, 0.3) is 0 Å². The predicted octanol–water partition coefficient (Wildman–Crippen LogP) is 5.11. The van der Waals surface area contributed by atoms with Crippen LogP contribution in [0.3, 0.4) is 0 Å². The van der Waals surface area contributed by atoms with Gasteiger partial charge < -0.3 is 14.8 Å². The summed E-state index contributed by atoms with van der Waals surface area (Å²) in [5.41, 5.74) is 6.73. The molecule has 0 unspecified atom stereocenters. The second-order valence-electron chi connectivity index (χ2n) is 9.88. The third-order valence-electron chi connectivity index (χ3n) is 7.49. The summed E-state index contributed by atoms with van der Waals surface area (Å²) in [6.45, 7) is 6.66. The number of fused-ring (bicyclic) bond motifs is 2. The van der Waals surface area contributed by atoms with E-state index in [4.69, 9.17) is 9.47 Å². The number of nitrogens with zero attached hydrogens (tertiary/aromatic N) is 6. The quantitative estimate of drug-likeness (QED) is 0.312. The van der Waals surface area contributed by atoms with Crippen molar-refractivity contribution in [2.45, 2.75) is 38.5 Å². The molecule has 2 aromatic carbocycles. The Labute approximate surface area is 224 Å². The Bertz CT molecular complexity index is 1590. The number of hydrogen-bond donors (Lipinski definition) is 1. The normalized spacial score (nSPS) is 17.2. The lowest BCUT2D eigenvalue weighted by atomic mass is 10.0. The van der Waals surface area contributed by atoms with Gasteiger partial charge in [-0.15, -0.1) is 11.3 Å². The number of benzene rings is 2. The Morgan fingerprint density at radius 3 is 2.74 bits per heavy atom. The predicted molar refractivity (Wildman–Crippen MR) is 149 cm³/mol. The Kier molecular flexibility index (Phi) is 6.15. The minimum absolute atomic E-state index is 0.130. The number of thiazole rings is 1. The van der Waals surface area contributed by atoms with E-state index in [0.29, 0.717) is 6.04 Å². The van der Waals surface area contributed by atoms with Crippen LogP contribution in [0.15, 0.2) is 54.6 Å². The molecular weight excluding hydrogens is 498 g/mol. The van der Waals surface area contributed by atoms with Crippen molar-refractivity contribution in [1.29, 1.82) is 0 Å². The summed E-state index contributed by atoms with van der Waals surface area (Å²) >= 11 is 1.63. The molecule has 0 radical (unpaired) electrons. The molecule has 10 heteroatoms. The fourth-order valence-corrected chi connectivity index (χ4v) is 5.95. The van der Waals surface area contributed by atoms with E-state index in [1.54, 1.807) is 17.7 Å². The van der Waals surface area contributed by atoms with Crippen LogP contribution < -0.4 is 10.1 Å². The van der Waals surface area contributed by atoms with Gasteiger partial charge in [0.05, 0.1) is 52.1 Å². The van der Waals surface area contributed by atoms with E-state index < -0.39 is 0 Å². The molecule has 194 valence electrons. The molecule has 3 aromatic heterocycles. The van der Waals surface area contributed by atoms with Crippen molar-refractivity contribution in [3.63, 3.8) is 0 Å². The highest BCUT2D eigenvalue weighted by atomic mass is 32.1. The van der Waals surface area contributed by atoms with Crippen LogP contribution in [0.1, 0.15) is 19.8 Å². The van der Waals surface area contributed by atoms with Gasteiger partial charge in [-0.3, -0.25) is 9.58 Å². The van der Waals surface area contributed by atoms with Crippen LogP contribution >= 0.6 is 11.3 Å². The van der Waals surface area contributed by atoms with Gasteiger partial charge in [-0.2, -0.15) is 5.10 Å². The van der Waals surface area contributed by atoms with E-state index in [9.17, 15) is 0 Å². The number of rotatable bonds is 7. The maximum absolute atomic E-state index is 6.77. The molecule has 0 aliphatic carbocycles. The molecule has 38 heavy (non-hydrogen) atoms. The number of piperidine rings is 1. The molecule has 0 bridgehead atoms. The van der Waals surface area contributed by atoms with Crippen molar-refractivity contribution in [2.75, 3.05) is 31.6 Å². The molecule has 7 rings (SSSR count). The van der Waals surface area contributed by atoms with Crippen LogP contribution in [0, 0.1) is 0 Å². The standard InChI is InChI=1S/C28H29N7O2S/c1-2-35-13-19(12-32-35)18-9-24-27(25(10-18)37-22-5-7-34(8-6-22)21-14-36-15-21)28(30-16-29-24)33-20-3-4-23-26(11-20)38-17-31-23/h3-4,9-13,16-17,21-22H,2,5-8,14-15H2,1H3,(H,29,30,33). The first-order chi connectivity index (χ1) is 18.7. The summed E-state index contributed by atoms with van der Waals surface area (Å²) < 4.78 is 15.2. The second-order valence-corrected chi connectivity index (χ2v) is 10.8. The SMILES string of the molecule is CCn1cc(-c2cc(OC3CCN(C4COC4)CC3)c3c(Nc4ccc5ncsc5c4)ncnc3c2)cn1. The van der Waals surface area contributed by atoms with Crippen molar-refractivity contribution in [2.24, 2.45) is 0 Å². The van der Waals surface area contributed by atoms with Gasteiger partial charge >= 0.3 is 0 Å². The zero-order valence-electron chi connectivity index (χ0n) is 21.2. The molecular formula is C28H29N7O2S. The average Bonchev–Trinajstić information content (AvgIpc) is 3.58. The number of likely N-dealkylation sites (tertiary alicyclic amines) is 1. The van der Waals surface area contributed by atoms with E-state index >= 15 is 0 Å². The van der Waals surface area contributed by atoms with E-state index in [2.05, 4.69) is 61.6 Å². The molecule has 5 aromatic rings. The minimum Gasteiger partial charge on any atom is -0.489 e. The van der Waals surface area contributed by atoms with Gasteiger partial charge in [-0.25, -0.2) is 15.0 Å². The zero-order valence-corrected chi connectivity index (χ0v) is 22.0. The monoisotopic (exact) mass is 527 g/mol. The average molecular weight is 528 g/mol.